The van der Waals surface area contributed by atoms with E-state index in [1.54, 1.807) is 36.2 Å². The molecule has 2 fully saturated rings. The van der Waals surface area contributed by atoms with Gasteiger partial charge in [0.05, 0.1) is 11.3 Å². The Labute approximate surface area is 378 Å². The van der Waals surface area contributed by atoms with E-state index >= 15 is 0 Å². The van der Waals surface area contributed by atoms with Gasteiger partial charge in [0.2, 0.25) is 11.8 Å². The zero-order valence-corrected chi connectivity index (χ0v) is 37.8. The number of carboxylic acids is 1. The number of carbonyl (C=O) groups is 5. The molecule has 3 N–H and O–H groups in total. The zero-order valence-electron chi connectivity index (χ0n) is 37.8. The summed E-state index contributed by atoms with van der Waals surface area (Å²) >= 11 is 0. The molecular weight excluding hydrogens is 807 g/mol. The third kappa shape index (κ3) is 13.5. The lowest BCUT2D eigenvalue weighted by atomic mass is 10.0. The minimum Gasteiger partial charge on any atom is -0.478 e. The monoisotopic (exact) mass is 871 g/mol. The highest BCUT2D eigenvalue weighted by molar-refractivity contribution is 6.11. The molecule has 6 rings (SSSR count). The number of rotatable bonds is 20. The predicted octanol–water partition coefficient (Wildman–Crippen LogP) is 8.30. The summed E-state index contributed by atoms with van der Waals surface area (Å²) in [7, 11) is 1.80. The SMILES string of the molecule is CCC(CC)N(CCN(C)C(=O)CCC(=O)N1CCCCC1)Cc1cccc(C(=O)Nc2ccc(N3CCCCC3)nc2C(=O)Nc2ccc(CCc3ccc(C(=O)O)cc3)cc2)c1. The van der Waals surface area contributed by atoms with Crippen LogP contribution in [0.25, 0.3) is 0 Å². The Balaban J connectivity index is 1.10. The first kappa shape index (κ1) is 47.4. The van der Waals surface area contributed by atoms with E-state index in [0.717, 1.165) is 107 Å². The number of nitrogens with one attached hydrogen (secondary N) is 2. The number of aromatic carboxylic acids is 1. The van der Waals surface area contributed by atoms with Crippen LogP contribution in [0.2, 0.25) is 0 Å². The number of piperidine rings is 2. The molecule has 2 aliphatic rings. The molecule has 4 amide bonds. The van der Waals surface area contributed by atoms with Crippen molar-refractivity contribution in [2.45, 2.75) is 103 Å². The first-order chi connectivity index (χ1) is 31.0. The van der Waals surface area contributed by atoms with Gasteiger partial charge in [-0.3, -0.25) is 24.1 Å². The van der Waals surface area contributed by atoms with Gasteiger partial charge < -0.3 is 30.4 Å². The summed E-state index contributed by atoms with van der Waals surface area (Å²) in [5.41, 5.74) is 4.79. The van der Waals surface area contributed by atoms with Gasteiger partial charge in [0, 0.05) is 83.0 Å². The third-order valence-corrected chi connectivity index (χ3v) is 12.6. The smallest absolute Gasteiger partial charge is 0.335 e. The van der Waals surface area contributed by atoms with Crippen LogP contribution in [-0.4, -0.2) is 107 Å². The molecule has 0 bridgehead atoms. The lowest BCUT2D eigenvalue weighted by Gasteiger charge is -2.32. The van der Waals surface area contributed by atoms with E-state index < -0.39 is 11.9 Å². The van der Waals surface area contributed by atoms with Crippen LogP contribution in [0.5, 0.6) is 0 Å². The molecule has 64 heavy (non-hydrogen) atoms. The van der Waals surface area contributed by atoms with Gasteiger partial charge in [0.25, 0.3) is 11.8 Å². The zero-order chi connectivity index (χ0) is 45.4. The molecule has 3 aromatic carbocycles. The second-order valence-corrected chi connectivity index (χ2v) is 17.1. The van der Waals surface area contributed by atoms with Gasteiger partial charge in [-0.1, -0.05) is 50.2 Å². The number of benzene rings is 3. The maximum absolute atomic E-state index is 14.0. The van der Waals surface area contributed by atoms with E-state index in [9.17, 15) is 29.1 Å². The number of pyridine rings is 1. The molecule has 0 radical (unpaired) electrons. The van der Waals surface area contributed by atoms with Crippen LogP contribution in [0.4, 0.5) is 17.2 Å². The lowest BCUT2D eigenvalue weighted by molar-refractivity contribution is -0.137. The number of aryl methyl sites for hydroxylation is 2. The maximum atomic E-state index is 14.0. The lowest BCUT2D eigenvalue weighted by Crippen LogP contribution is -2.41. The predicted molar refractivity (Wildman–Crippen MR) is 252 cm³/mol. The molecule has 13 heteroatoms. The van der Waals surface area contributed by atoms with E-state index in [0.29, 0.717) is 42.4 Å². The Morgan fingerprint density at radius 1 is 0.688 bits per heavy atom. The fourth-order valence-electron chi connectivity index (χ4n) is 8.61. The quantitative estimate of drug-likeness (QED) is 0.0796. The van der Waals surface area contributed by atoms with Crippen LogP contribution >= 0.6 is 0 Å². The molecule has 0 spiro atoms. The number of amides is 4. The van der Waals surface area contributed by atoms with Crippen molar-refractivity contribution in [3.63, 3.8) is 0 Å². The fourth-order valence-corrected chi connectivity index (χ4v) is 8.61. The van der Waals surface area contributed by atoms with Gasteiger partial charge in [-0.15, -0.1) is 0 Å². The number of aromatic nitrogens is 1. The molecule has 2 aliphatic heterocycles. The standard InChI is InChI=1S/C51H65N7O6/c1-4-43(5-2)58(34-33-55(3)46(59)27-28-47(60)57-31-10-7-11-32-57)36-39-13-12-14-41(35-39)49(61)53-44-25-26-45(56-29-8-6-9-30-56)54-48(44)50(62)52-42-23-19-38(20-24-42)16-15-37-17-21-40(22-18-37)51(63)64/h12-14,17-26,35,43H,4-11,15-16,27-34,36H2,1-3H3,(H,52,62)(H,53,61)(H,63,64). The summed E-state index contributed by atoms with van der Waals surface area (Å²) in [6.45, 7) is 9.34. The number of hydrogen-bond donors (Lipinski definition) is 3. The number of likely N-dealkylation sites (tertiary alicyclic amines) is 1. The number of nitrogens with zero attached hydrogens (tertiary/aromatic N) is 5. The summed E-state index contributed by atoms with van der Waals surface area (Å²) in [5, 5.41) is 15.2. The maximum Gasteiger partial charge on any atom is 0.335 e. The Morgan fingerprint density at radius 2 is 1.33 bits per heavy atom. The van der Waals surface area contributed by atoms with Gasteiger partial charge in [0.15, 0.2) is 5.69 Å². The number of anilines is 3. The van der Waals surface area contributed by atoms with Crippen molar-refractivity contribution in [1.29, 1.82) is 0 Å². The molecule has 3 heterocycles. The average Bonchev–Trinajstić information content (AvgIpc) is 3.33. The van der Waals surface area contributed by atoms with Crippen LogP contribution in [0.15, 0.2) is 84.9 Å². The topological polar surface area (TPSA) is 155 Å². The van der Waals surface area contributed by atoms with Gasteiger partial charge in [-0.25, -0.2) is 9.78 Å². The molecule has 4 aromatic rings. The van der Waals surface area contributed by atoms with Crippen molar-refractivity contribution in [3.05, 3.63) is 118 Å². The normalized spacial score (nSPS) is 14.1. The second kappa shape index (κ2) is 23.6. The van der Waals surface area contributed by atoms with Crippen molar-refractivity contribution in [1.82, 2.24) is 19.7 Å². The van der Waals surface area contributed by atoms with Crippen LogP contribution < -0.4 is 15.5 Å². The minimum absolute atomic E-state index is 0.0336. The highest BCUT2D eigenvalue weighted by Gasteiger charge is 2.23. The summed E-state index contributed by atoms with van der Waals surface area (Å²) in [4.78, 5) is 77.9. The Kier molecular flexibility index (Phi) is 17.4. The molecule has 340 valence electrons. The van der Waals surface area contributed by atoms with E-state index in [4.69, 9.17) is 4.98 Å². The van der Waals surface area contributed by atoms with Crippen molar-refractivity contribution >= 4 is 46.8 Å². The number of hydrogen-bond acceptors (Lipinski definition) is 8. The van der Waals surface area contributed by atoms with Gasteiger partial charge in [-0.2, -0.15) is 0 Å². The molecule has 13 nitrogen and oxygen atoms in total. The van der Waals surface area contributed by atoms with Gasteiger partial charge in [0.1, 0.15) is 5.82 Å². The molecular formula is C51H65N7O6. The summed E-state index contributed by atoms with van der Waals surface area (Å²) < 4.78 is 0. The van der Waals surface area contributed by atoms with Gasteiger partial charge in [-0.05, 0) is 129 Å². The molecule has 0 atom stereocenters. The van der Waals surface area contributed by atoms with Crippen LogP contribution in [0.1, 0.15) is 126 Å². The average molecular weight is 872 g/mol. The summed E-state index contributed by atoms with van der Waals surface area (Å²) in [6, 6.07) is 25.9. The van der Waals surface area contributed by atoms with Crippen molar-refractivity contribution in [3.8, 4) is 0 Å². The first-order valence-corrected chi connectivity index (χ1v) is 23.2. The number of carboxylic acid groups (broad SMARTS) is 1. The Morgan fingerprint density at radius 3 is 1.97 bits per heavy atom. The molecule has 0 unspecified atom stereocenters. The molecule has 1 aromatic heterocycles. The molecule has 0 aliphatic carbocycles. The van der Waals surface area contributed by atoms with E-state index in [-0.39, 0.29) is 47.9 Å². The second-order valence-electron chi connectivity index (χ2n) is 17.1. The number of carbonyl (C=O) groups excluding carboxylic acids is 4. The van der Waals surface area contributed by atoms with Gasteiger partial charge >= 0.3 is 5.97 Å². The summed E-state index contributed by atoms with van der Waals surface area (Å²) in [6.07, 6.45) is 10.2. The Bertz CT molecular complexity index is 2200. The van der Waals surface area contributed by atoms with Crippen molar-refractivity contribution in [2.75, 3.05) is 61.8 Å². The highest BCUT2D eigenvalue weighted by atomic mass is 16.4. The minimum atomic E-state index is -0.949. The Hall–Kier alpha value is -6.08. The van der Waals surface area contributed by atoms with Crippen molar-refractivity contribution in [2.24, 2.45) is 0 Å². The first-order valence-electron chi connectivity index (χ1n) is 23.2. The largest absolute Gasteiger partial charge is 0.478 e. The molecule has 2 saturated heterocycles. The van der Waals surface area contributed by atoms with Crippen LogP contribution in [0, 0.1) is 0 Å². The fraction of sp³-hybridized carbons (Fsp3) is 0.451. The number of likely N-dealkylation sites (N-methyl/N-ethyl adjacent to an activating group) is 1. The van der Waals surface area contributed by atoms with E-state index in [2.05, 4.69) is 34.3 Å². The third-order valence-electron chi connectivity index (χ3n) is 12.6. The van der Waals surface area contributed by atoms with Crippen LogP contribution in [0.3, 0.4) is 0 Å². The highest BCUT2D eigenvalue weighted by Crippen LogP contribution is 2.25. The molecule has 0 saturated carbocycles. The van der Waals surface area contributed by atoms with E-state index in [1.807, 2.05) is 65.6 Å². The van der Waals surface area contributed by atoms with E-state index in [1.165, 1.54) is 0 Å². The van der Waals surface area contributed by atoms with Crippen LogP contribution in [-0.2, 0) is 29.0 Å². The summed E-state index contributed by atoms with van der Waals surface area (Å²) in [5.74, 6) is -1.02. The van der Waals surface area contributed by atoms with Crippen molar-refractivity contribution < 1.29 is 29.1 Å².